The van der Waals surface area contributed by atoms with E-state index in [1.807, 2.05) is 42.3 Å². The van der Waals surface area contributed by atoms with Gasteiger partial charge >= 0.3 is 0 Å². The summed E-state index contributed by atoms with van der Waals surface area (Å²) in [5.74, 6) is -0.240. The van der Waals surface area contributed by atoms with Gasteiger partial charge in [0.25, 0.3) is 5.91 Å². The summed E-state index contributed by atoms with van der Waals surface area (Å²) < 4.78 is 13.2. The van der Waals surface area contributed by atoms with Crippen LogP contribution in [0, 0.1) is 5.82 Å². The van der Waals surface area contributed by atoms with Gasteiger partial charge < -0.3 is 9.88 Å². The van der Waals surface area contributed by atoms with Gasteiger partial charge in [0.05, 0.1) is 0 Å². The molecule has 162 valence electrons. The summed E-state index contributed by atoms with van der Waals surface area (Å²) in [7, 11) is 1.90. The SMILES string of the molecule is CN(C(=O)c1cc2ccc(-c3ccc(F)cc3)cc2[nH]1)[C@H]1CCN(Cc2ccccc2)C1. The summed E-state index contributed by atoms with van der Waals surface area (Å²) >= 11 is 0. The lowest BCUT2D eigenvalue weighted by atomic mass is 10.0. The molecule has 4 nitrogen and oxygen atoms in total. The number of fused-ring (bicyclic) bond motifs is 1. The fourth-order valence-corrected chi connectivity index (χ4v) is 4.53. The highest BCUT2D eigenvalue weighted by atomic mass is 19.1. The number of aromatic amines is 1. The van der Waals surface area contributed by atoms with Gasteiger partial charge in [0.15, 0.2) is 0 Å². The Morgan fingerprint density at radius 3 is 2.56 bits per heavy atom. The van der Waals surface area contributed by atoms with Crippen LogP contribution in [0.5, 0.6) is 0 Å². The minimum atomic E-state index is -0.250. The van der Waals surface area contributed by atoms with Crippen molar-refractivity contribution in [1.29, 1.82) is 0 Å². The Morgan fingerprint density at radius 2 is 1.78 bits per heavy atom. The molecule has 1 aliphatic rings. The molecule has 3 aromatic carbocycles. The van der Waals surface area contributed by atoms with Crippen molar-refractivity contribution in [2.24, 2.45) is 0 Å². The van der Waals surface area contributed by atoms with Crippen LogP contribution in [0.4, 0.5) is 4.39 Å². The van der Waals surface area contributed by atoms with Gasteiger partial charge in [-0.05, 0) is 47.4 Å². The van der Waals surface area contributed by atoms with E-state index in [0.717, 1.165) is 48.1 Å². The van der Waals surface area contributed by atoms with Crippen LogP contribution in [-0.2, 0) is 6.54 Å². The van der Waals surface area contributed by atoms with Crippen molar-refractivity contribution in [2.45, 2.75) is 19.0 Å². The van der Waals surface area contributed by atoms with Crippen LogP contribution in [-0.4, -0.2) is 46.9 Å². The molecule has 1 N–H and O–H groups in total. The second-order valence-electron chi connectivity index (χ2n) is 8.57. The lowest BCUT2D eigenvalue weighted by Crippen LogP contribution is -2.39. The highest BCUT2D eigenvalue weighted by Gasteiger charge is 2.29. The first kappa shape index (κ1) is 20.5. The van der Waals surface area contributed by atoms with Gasteiger partial charge in [-0.1, -0.05) is 54.6 Å². The van der Waals surface area contributed by atoms with Gasteiger partial charge in [0.1, 0.15) is 11.5 Å². The highest BCUT2D eigenvalue weighted by Crippen LogP contribution is 2.26. The Balaban J connectivity index is 1.29. The average Bonchev–Trinajstić information content (AvgIpc) is 3.46. The maximum absolute atomic E-state index is 13.2. The maximum atomic E-state index is 13.2. The van der Waals surface area contributed by atoms with E-state index in [0.29, 0.717) is 5.69 Å². The Bertz CT molecular complexity index is 1230. The quantitative estimate of drug-likeness (QED) is 0.468. The Hall–Kier alpha value is -3.44. The molecule has 4 aromatic rings. The first-order valence-electron chi connectivity index (χ1n) is 11.0. The van der Waals surface area contributed by atoms with Crippen LogP contribution in [0.1, 0.15) is 22.5 Å². The van der Waals surface area contributed by atoms with Crippen LogP contribution in [0.15, 0.2) is 78.9 Å². The summed E-state index contributed by atoms with van der Waals surface area (Å²) in [6, 6.07) is 25.0. The van der Waals surface area contributed by atoms with E-state index < -0.39 is 0 Å². The fraction of sp³-hybridized carbons (Fsp3) is 0.222. The van der Waals surface area contributed by atoms with Crippen molar-refractivity contribution in [3.05, 3.63) is 95.9 Å². The number of likely N-dealkylation sites (tertiary alicyclic amines) is 1. The van der Waals surface area contributed by atoms with Gasteiger partial charge in [-0.3, -0.25) is 9.69 Å². The summed E-state index contributed by atoms with van der Waals surface area (Å²) in [6.07, 6.45) is 0.976. The number of carbonyl (C=O) groups is 1. The van der Waals surface area contributed by atoms with Gasteiger partial charge in [-0.25, -0.2) is 4.39 Å². The number of carbonyl (C=O) groups excluding carboxylic acids is 1. The standard InChI is InChI=1S/C27H26FN3O/c1-30(24-13-14-31(18-24)17-19-5-3-2-4-6-19)27(32)26-16-22-8-7-21(15-25(22)29-26)20-9-11-23(28)12-10-20/h2-12,15-16,24,29H,13-14,17-18H2,1H3/t24-/m0/s1. The zero-order valence-corrected chi connectivity index (χ0v) is 18.1. The van der Waals surface area contributed by atoms with Gasteiger partial charge in [-0.15, -0.1) is 0 Å². The Kier molecular flexibility index (Phi) is 5.50. The molecule has 32 heavy (non-hydrogen) atoms. The molecule has 5 rings (SSSR count). The lowest BCUT2D eigenvalue weighted by Gasteiger charge is -2.24. The van der Waals surface area contributed by atoms with E-state index in [-0.39, 0.29) is 17.8 Å². The summed E-state index contributed by atoms with van der Waals surface area (Å²) in [5.41, 5.74) is 4.73. The number of amides is 1. The summed E-state index contributed by atoms with van der Waals surface area (Å²) in [6.45, 7) is 2.79. The number of halogens is 1. The van der Waals surface area contributed by atoms with Crippen molar-refractivity contribution in [3.8, 4) is 11.1 Å². The number of rotatable bonds is 5. The topological polar surface area (TPSA) is 39.3 Å². The molecule has 1 aromatic heterocycles. The molecular weight excluding hydrogens is 401 g/mol. The van der Waals surface area contributed by atoms with E-state index in [2.05, 4.69) is 34.1 Å². The molecule has 0 bridgehead atoms. The average molecular weight is 428 g/mol. The van der Waals surface area contributed by atoms with Crippen LogP contribution in [0.2, 0.25) is 0 Å². The van der Waals surface area contributed by atoms with Crippen molar-refractivity contribution in [1.82, 2.24) is 14.8 Å². The second-order valence-corrected chi connectivity index (χ2v) is 8.57. The Morgan fingerprint density at radius 1 is 1.03 bits per heavy atom. The molecule has 1 fully saturated rings. The van der Waals surface area contributed by atoms with Crippen molar-refractivity contribution in [2.75, 3.05) is 20.1 Å². The monoisotopic (exact) mass is 427 g/mol. The summed E-state index contributed by atoms with van der Waals surface area (Å²) in [5, 5.41) is 0.990. The Labute approximate surface area is 187 Å². The molecule has 1 aliphatic heterocycles. The highest BCUT2D eigenvalue weighted by molar-refractivity contribution is 5.99. The molecule has 0 aliphatic carbocycles. The number of hydrogen-bond donors (Lipinski definition) is 1. The predicted octanol–water partition coefficient (Wildman–Crippen LogP) is 5.32. The number of likely N-dealkylation sites (N-methyl/N-ethyl adjacent to an activating group) is 1. The van der Waals surface area contributed by atoms with Crippen LogP contribution in [0.3, 0.4) is 0 Å². The molecular formula is C27H26FN3O. The smallest absolute Gasteiger partial charge is 0.270 e. The fourth-order valence-electron chi connectivity index (χ4n) is 4.53. The molecule has 0 unspecified atom stereocenters. The van der Waals surface area contributed by atoms with Gasteiger partial charge in [0, 0.05) is 43.6 Å². The van der Waals surface area contributed by atoms with E-state index in [1.54, 1.807) is 12.1 Å². The van der Waals surface area contributed by atoms with E-state index in [9.17, 15) is 9.18 Å². The zero-order chi connectivity index (χ0) is 22.1. The third kappa shape index (κ3) is 4.16. The zero-order valence-electron chi connectivity index (χ0n) is 18.1. The maximum Gasteiger partial charge on any atom is 0.270 e. The third-order valence-corrected chi connectivity index (χ3v) is 6.40. The van der Waals surface area contributed by atoms with E-state index >= 15 is 0 Å². The molecule has 0 radical (unpaired) electrons. The number of aromatic nitrogens is 1. The largest absolute Gasteiger partial charge is 0.351 e. The van der Waals surface area contributed by atoms with Crippen molar-refractivity contribution >= 4 is 16.8 Å². The molecule has 1 saturated heterocycles. The first-order valence-corrected chi connectivity index (χ1v) is 11.0. The van der Waals surface area contributed by atoms with Crippen molar-refractivity contribution < 1.29 is 9.18 Å². The molecule has 0 spiro atoms. The minimum absolute atomic E-state index is 0.0103. The molecule has 0 saturated carbocycles. The lowest BCUT2D eigenvalue weighted by molar-refractivity contribution is 0.0730. The van der Waals surface area contributed by atoms with Crippen LogP contribution in [0.25, 0.3) is 22.0 Å². The minimum Gasteiger partial charge on any atom is -0.351 e. The van der Waals surface area contributed by atoms with Gasteiger partial charge in [0.2, 0.25) is 0 Å². The second kappa shape index (κ2) is 8.60. The predicted molar refractivity (Wildman–Crippen MR) is 126 cm³/mol. The number of nitrogens with one attached hydrogen (secondary N) is 1. The number of H-pyrrole nitrogens is 1. The van der Waals surface area contributed by atoms with Gasteiger partial charge in [-0.2, -0.15) is 0 Å². The first-order chi connectivity index (χ1) is 15.6. The molecule has 1 atom stereocenters. The van der Waals surface area contributed by atoms with Crippen LogP contribution < -0.4 is 0 Å². The summed E-state index contributed by atoms with van der Waals surface area (Å²) in [4.78, 5) is 20.8. The number of benzene rings is 3. The number of hydrogen-bond acceptors (Lipinski definition) is 2. The number of nitrogens with zero attached hydrogens (tertiary/aromatic N) is 2. The molecule has 2 heterocycles. The van der Waals surface area contributed by atoms with E-state index in [1.165, 1.54) is 17.7 Å². The van der Waals surface area contributed by atoms with E-state index in [4.69, 9.17) is 0 Å². The molecule has 1 amide bonds. The molecule has 5 heteroatoms. The normalized spacial score (nSPS) is 16.5. The van der Waals surface area contributed by atoms with Crippen LogP contribution >= 0.6 is 0 Å². The third-order valence-electron chi connectivity index (χ3n) is 6.40. The van der Waals surface area contributed by atoms with Crippen molar-refractivity contribution in [3.63, 3.8) is 0 Å².